The van der Waals surface area contributed by atoms with Gasteiger partial charge >= 0.3 is 0 Å². The first-order chi connectivity index (χ1) is 14.0. The van der Waals surface area contributed by atoms with Crippen molar-refractivity contribution in [2.45, 2.75) is 26.3 Å². The molecule has 0 atom stereocenters. The highest BCUT2D eigenvalue weighted by atomic mass is 32.1. The van der Waals surface area contributed by atoms with Crippen LogP contribution in [0.25, 0.3) is 10.2 Å². The number of amides is 3. The molecule has 1 aliphatic rings. The maximum atomic E-state index is 12.9. The Morgan fingerprint density at radius 3 is 2.55 bits per heavy atom. The average Bonchev–Trinajstić information content (AvgIpc) is 3.26. The van der Waals surface area contributed by atoms with Gasteiger partial charge in [-0.2, -0.15) is 4.99 Å². The molecule has 1 aliphatic heterocycles. The molecule has 29 heavy (non-hydrogen) atoms. The average molecular weight is 409 g/mol. The first-order valence-electron chi connectivity index (χ1n) is 9.24. The number of fused-ring (bicyclic) bond motifs is 1. The third kappa shape index (κ3) is 3.36. The lowest BCUT2D eigenvalue weighted by Crippen LogP contribution is -2.28. The summed E-state index contributed by atoms with van der Waals surface area (Å²) in [5.41, 5.74) is 1.62. The van der Waals surface area contributed by atoms with E-state index >= 15 is 0 Å². The SMILES string of the molecule is CCn1c(=NC(=O)c2cccc(N3C(=O)CCC3=O)c2)sc2cccc(OC)c21. The molecule has 0 spiro atoms. The van der Waals surface area contributed by atoms with E-state index in [1.807, 2.05) is 29.7 Å². The predicted octanol–water partition coefficient (Wildman–Crippen LogP) is 3.13. The van der Waals surface area contributed by atoms with Crippen molar-refractivity contribution in [2.75, 3.05) is 12.0 Å². The third-order valence-electron chi connectivity index (χ3n) is 4.80. The smallest absolute Gasteiger partial charge is 0.279 e. The molecular formula is C21H19N3O4S. The van der Waals surface area contributed by atoms with Crippen LogP contribution < -0.4 is 14.4 Å². The first kappa shape index (κ1) is 19.1. The summed E-state index contributed by atoms with van der Waals surface area (Å²) in [5, 5.41) is 0. The largest absolute Gasteiger partial charge is 0.495 e. The van der Waals surface area contributed by atoms with Gasteiger partial charge in [0.15, 0.2) is 4.80 Å². The molecular weight excluding hydrogens is 390 g/mol. The van der Waals surface area contributed by atoms with E-state index in [1.54, 1.807) is 25.3 Å². The molecule has 7 nitrogen and oxygen atoms in total. The Morgan fingerprint density at radius 2 is 1.86 bits per heavy atom. The highest BCUT2D eigenvalue weighted by molar-refractivity contribution is 7.16. The van der Waals surface area contributed by atoms with Gasteiger partial charge in [0.25, 0.3) is 5.91 Å². The van der Waals surface area contributed by atoms with Gasteiger partial charge < -0.3 is 9.30 Å². The number of aromatic nitrogens is 1. The lowest BCUT2D eigenvalue weighted by molar-refractivity contribution is -0.121. The zero-order valence-electron chi connectivity index (χ0n) is 16.0. The van der Waals surface area contributed by atoms with Crippen LogP contribution in [0.5, 0.6) is 5.75 Å². The Morgan fingerprint density at radius 1 is 1.14 bits per heavy atom. The van der Waals surface area contributed by atoms with Crippen molar-refractivity contribution in [1.29, 1.82) is 0 Å². The van der Waals surface area contributed by atoms with E-state index in [1.165, 1.54) is 17.4 Å². The number of anilines is 1. The summed E-state index contributed by atoms with van der Waals surface area (Å²) in [6.07, 6.45) is 0.392. The van der Waals surface area contributed by atoms with Crippen molar-refractivity contribution >= 4 is 45.0 Å². The number of hydrogen-bond donors (Lipinski definition) is 0. The van der Waals surface area contributed by atoms with Gasteiger partial charge in [0.2, 0.25) is 11.8 Å². The van der Waals surface area contributed by atoms with Gasteiger partial charge in [0.05, 0.1) is 17.5 Å². The fraction of sp³-hybridized carbons (Fsp3) is 0.238. The number of imide groups is 1. The van der Waals surface area contributed by atoms with Gasteiger partial charge in [-0.1, -0.05) is 23.5 Å². The summed E-state index contributed by atoms with van der Waals surface area (Å²) < 4.78 is 8.37. The Hall–Kier alpha value is -3.26. The molecule has 3 amide bonds. The van der Waals surface area contributed by atoms with Crippen LogP contribution in [0.3, 0.4) is 0 Å². The number of carbonyl (C=O) groups is 3. The van der Waals surface area contributed by atoms with E-state index in [2.05, 4.69) is 4.99 Å². The number of ether oxygens (including phenoxy) is 1. The Labute approximate surface area is 170 Å². The van der Waals surface area contributed by atoms with Crippen molar-refractivity contribution < 1.29 is 19.1 Å². The molecule has 1 fully saturated rings. The monoisotopic (exact) mass is 409 g/mol. The molecule has 8 heteroatoms. The van der Waals surface area contributed by atoms with Crippen LogP contribution in [0.15, 0.2) is 47.5 Å². The zero-order valence-corrected chi connectivity index (χ0v) is 16.9. The van der Waals surface area contributed by atoms with E-state index in [0.717, 1.165) is 20.9 Å². The Balaban J connectivity index is 1.77. The normalized spacial score (nSPS) is 14.8. The van der Waals surface area contributed by atoms with E-state index in [0.29, 0.717) is 22.6 Å². The zero-order chi connectivity index (χ0) is 20.5. The van der Waals surface area contributed by atoms with Crippen molar-refractivity contribution in [3.8, 4) is 5.75 Å². The Kier molecular flexibility index (Phi) is 5.02. The number of benzene rings is 2. The summed E-state index contributed by atoms with van der Waals surface area (Å²) in [6, 6.07) is 12.2. The topological polar surface area (TPSA) is 81.0 Å². The molecule has 0 N–H and O–H groups in total. The lowest BCUT2D eigenvalue weighted by Gasteiger charge is -2.14. The third-order valence-corrected chi connectivity index (χ3v) is 5.84. The molecule has 1 aromatic heterocycles. The standard InChI is InChI=1S/C21H19N3O4S/c1-3-23-19-15(28-2)8-5-9-16(19)29-21(23)22-20(27)13-6-4-7-14(12-13)24-17(25)10-11-18(24)26/h4-9,12H,3,10-11H2,1-2H3. The molecule has 0 saturated carbocycles. The molecule has 0 bridgehead atoms. The van der Waals surface area contributed by atoms with Crippen LogP contribution in [0.1, 0.15) is 30.1 Å². The van der Waals surface area contributed by atoms with Crippen molar-refractivity contribution in [3.63, 3.8) is 0 Å². The van der Waals surface area contributed by atoms with Crippen LogP contribution in [-0.4, -0.2) is 29.4 Å². The van der Waals surface area contributed by atoms with Crippen LogP contribution >= 0.6 is 11.3 Å². The minimum atomic E-state index is -0.432. The molecule has 148 valence electrons. The second-order valence-electron chi connectivity index (χ2n) is 6.53. The predicted molar refractivity (Wildman–Crippen MR) is 110 cm³/mol. The number of para-hydroxylation sites is 1. The number of rotatable bonds is 4. The number of nitrogens with zero attached hydrogens (tertiary/aromatic N) is 3. The summed E-state index contributed by atoms with van der Waals surface area (Å²) >= 11 is 1.41. The molecule has 0 radical (unpaired) electrons. The number of aryl methyl sites for hydroxylation is 1. The summed E-state index contributed by atoms with van der Waals surface area (Å²) in [6.45, 7) is 2.61. The van der Waals surface area contributed by atoms with E-state index in [9.17, 15) is 14.4 Å². The maximum Gasteiger partial charge on any atom is 0.279 e. The number of hydrogen-bond acceptors (Lipinski definition) is 5. The quantitative estimate of drug-likeness (QED) is 0.620. The van der Waals surface area contributed by atoms with Crippen molar-refractivity contribution in [2.24, 2.45) is 4.99 Å². The van der Waals surface area contributed by atoms with Crippen LogP contribution in [0, 0.1) is 0 Å². The van der Waals surface area contributed by atoms with E-state index in [-0.39, 0.29) is 24.7 Å². The van der Waals surface area contributed by atoms with Gasteiger partial charge in [-0.25, -0.2) is 0 Å². The number of methoxy groups -OCH3 is 1. The highest BCUT2D eigenvalue weighted by Gasteiger charge is 2.30. The van der Waals surface area contributed by atoms with Gasteiger partial charge in [-0.05, 0) is 37.3 Å². The van der Waals surface area contributed by atoms with Gasteiger partial charge in [-0.3, -0.25) is 19.3 Å². The number of carbonyl (C=O) groups excluding carboxylic acids is 3. The Bertz CT molecular complexity index is 1190. The highest BCUT2D eigenvalue weighted by Crippen LogP contribution is 2.27. The van der Waals surface area contributed by atoms with E-state index < -0.39 is 5.91 Å². The molecule has 2 aromatic carbocycles. The summed E-state index contributed by atoms with van der Waals surface area (Å²) in [7, 11) is 1.61. The van der Waals surface area contributed by atoms with Gasteiger partial charge in [0.1, 0.15) is 11.3 Å². The first-order valence-corrected chi connectivity index (χ1v) is 10.1. The maximum absolute atomic E-state index is 12.9. The van der Waals surface area contributed by atoms with E-state index in [4.69, 9.17) is 4.74 Å². The van der Waals surface area contributed by atoms with Gasteiger partial charge in [0, 0.05) is 24.9 Å². The number of thiazole rings is 1. The molecule has 0 aliphatic carbocycles. The molecule has 4 rings (SSSR count). The molecule has 1 saturated heterocycles. The minimum Gasteiger partial charge on any atom is -0.495 e. The summed E-state index contributed by atoms with van der Waals surface area (Å²) in [5.74, 6) is -0.213. The van der Waals surface area contributed by atoms with Crippen LogP contribution in [0.2, 0.25) is 0 Å². The second kappa shape index (κ2) is 7.63. The fourth-order valence-corrected chi connectivity index (χ4v) is 4.54. The van der Waals surface area contributed by atoms with Crippen LogP contribution in [-0.2, 0) is 16.1 Å². The summed E-state index contributed by atoms with van der Waals surface area (Å²) in [4.78, 5) is 42.8. The minimum absolute atomic E-state index is 0.196. The lowest BCUT2D eigenvalue weighted by atomic mass is 10.2. The second-order valence-corrected chi connectivity index (χ2v) is 7.54. The molecule has 3 aromatic rings. The van der Waals surface area contributed by atoms with Crippen molar-refractivity contribution in [3.05, 3.63) is 52.8 Å². The van der Waals surface area contributed by atoms with Gasteiger partial charge in [-0.15, -0.1) is 0 Å². The molecule has 0 unspecified atom stereocenters. The molecule has 2 heterocycles. The van der Waals surface area contributed by atoms with Crippen molar-refractivity contribution in [1.82, 2.24) is 4.57 Å². The van der Waals surface area contributed by atoms with Crippen LogP contribution in [0.4, 0.5) is 5.69 Å². The fourth-order valence-electron chi connectivity index (χ4n) is 3.43.